The van der Waals surface area contributed by atoms with E-state index in [1.54, 1.807) is 18.2 Å². The highest BCUT2D eigenvalue weighted by atomic mass is 32.1. The van der Waals surface area contributed by atoms with E-state index in [9.17, 15) is 4.79 Å². The number of aromatic nitrogens is 3. The van der Waals surface area contributed by atoms with E-state index in [4.69, 9.17) is 0 Å². The molecule has 2 N–H and O–H groups in total. The summed E-state index contributed by atoms with van der Waals surface area (Å²) in [6, 6.07) is 5.31. The SMILES string of the molecule is CC(C)N(C)Cc1csc(NC(=O)Nc2cccc3nonc23)n1. The van der Waals surface area contributed by atoms with Crippen molar-refractivity contribution < 1.29 is 9.42 Å². The predicted octanol–water partition coefficient (Wildman–Crippen LogP) is 3.16. The van der Waals surface area contributed by atoms with Crippen molar-refractivity contribution in [1.29, 1.82) is 0 Å². The Kier molecular flexibility index (Phi) is 4.72. The molecule has 3 aromatic rings. The molecule has 0 saturated heterocycles. The fourth-order valence-corrected chi connectivity index (χ4v) is 2.73. The molecule has 0 bridgehead atoms. The summed E-state index contributed by atoms with van der Waals surface area (Å²) in [5.41, 5.74) is 2.55. The van der Waals surface area contributed by atoms with Crippen LogP contribution >= 0.6 is 11.3 Å². The summed E-state index contributed by atoms with van der Waals surface area (Å²) < 4.78 is 4.68. The van der Waals surface area contributed by atoms with E-state index in [2.05, 4.69) is 49.3 Å². The minimum absolute atomic E-state index is 0.386. The van der Waals surface area contributed by atoms with Gasteiger partial charge in [0.25, 0.3) is 0 Å². The zero-order valence-corrected chi connectivity index (χ0v) is 14.4. The average molecular weight is 346 g/mol. The summed E-state index contributed by atoms with van der Waals surface area (Å²) in [5, 5.41) is 15.5. The fourth-order valence-electron chi connectivity index (χ4n) is 2.03. The number of carbonyl (C=O) groups is 1. The molecule has 2 amide bonds. The van der Waals surface area contributed by atoms with Crippen LogP contribution in [0.25, 0.3) is 11.0 Å². The van der Waals surface area contributed by atoms with Crippen molar-refractivity contribution in [3.63, 3.8) is 0 Å². The molecule has 1 aromatic carbocycles. The van der Waals surface area contributed by atoms with Crippen molar-refractivity contribution in [3.05, 3.63) is 29.3 Å². The Morgan fingerprint density at radius 1 is 1.33 bits per heavy atom. The Bertz CT molecular complexity index is 843. The molecule has 2 heterocycles. The number of urea groups is 1. The van der Waals surface area contributed by atoms with Gasteiger partial charge in [0.2, 0.25) is 0 Å². The average Bonchev–Trinajstić information content (AvgIpc) is 3.17. The maximum Gasteiger partial charge on any atom is 0.325 e. The van der Waals surface area contributed by atoms with E-state index >= 15 is 0 Å². The number of hydrogen-bond acceptors (Lipinski definition) is 7. The number of rotatable bonds is 5. The molecule has 0 radical (unpaired) electrons. The number of anilines is 2. The second kappa shape index (κ2) is 6.93. The fraction of sp³-hybridized carbons (Fsp3) is 0.333. The summed E-state index contributed by atoms with van der Waals surface area (Å²) in [6.07, 6.45) is 0. The van der Waals surface area contributed by atoms with Crippen molar-refractivity contribution in [1.82, 2.24) is 20.2 Å². The third kappa shape index (κ3) is 3.69. The summed E-state index contributed by atoms with van der Waals surface area (Å²) in [5.74, 6) is 0. The number of nitrogens with zero attached hydrogens (tertiary/aromatic N) is 4. The molecule has 24 heavy (non-hydrogen) atoms. The third-order valence-electron chi connectivity index (χ3n) is 3.60. The quantitative estimate of drug-likeness (QED) is 0.737. The number of thiazole rings is 1. The van der Waals surface area contributed by atoms with Gasteiger partial charge in [-0.25, -0.2) is 14.4 Å². The minimum atomic E-state index is -0.386. The van der Waals surface area contributed by atoms with Crippen LogP contribution in [0.15, 0.2) is 28.2 Å². The molecule has 0 aliphatic rings. The Morgan fingerprint density at radius 2 is 2.17 bits per heavy atom. The van der Waals surface area contributed by atoms with Gasteiger partial charge in [-0.3, -0.25) is 10.2 Å². The van der Waals surface area contributed by atoms with Crippen LogP contribution in [-0.2, 0) is 6.54 Å². The van der Waals surface area contributed by atoms with Crippen LogP contribution in [0.2, 0.25) is 0 Å². The van der Waals surface area contributed by atoms with E-state index in [1.165, 1.54) is 11.3 Å². The van der Waals surface area contributed by atoms with Crippen LogP contribution in [0.3, 0.4) is 0 Å². The molecular weight excluding hydrogens is 328 g/mol. The highest BCUT2D eigenvalue weighted by Crippen LogP contribution is 2.21. The number of amides is 2. The highest BCUT2D eigenvalue weighted by Gasteiger charge is 2.12. The van der Waals surface area contributed by atoms with Gasteiger partial charge in [0.15, 0.2) is 10.6 Å². The molecule has 0 aliphatic carbocycles. The second-order valence-electron chi connectivity index (χ2n) is 5.67. The lowest BCUT2D eigenvalue weighted by Gasteiger charge is -2.19. The molecule has 8 nitrogen and oxygen atoms in total. The van der Waals surface area contributed by atoms with Crippen molar-refractivity contribution in [2.45, 2.75) is 26.4 Å². The van der Waals surface area contributed by atoms with E-state index in [1.807, 2.05) is 12.4 Å². The summed E-state index contributed by atoms with van der Waals surface area (Å²) in [7, 11) is 2.04. The van der Waals surface area contributed by atoms with Gasteiger partial charge in [-0.05, 0) is 43.3 Å². The van der Waals surface area contributed by atoms with Crippen LogP contribution in [0.4, 0.5) is 15.6 Å². The first-order chi connectivity index (χ1) is 11.5. The van der Waals surface area contributed by atoms with Crippen LogP contribution in [0.5, 0.6) is 0 Å². The number of nitrogens with one attached hydrogen (secondary N) is 2. The monoisotopic (exact) mass is 346 g/mol. The first-order valence-corrected chi connectivity index (χ1v) is 8.35. The number of carbonyl (C=O) groups excluding carboxylic acids is 1. The van der Waals surface area contributed by atoms with Gasteiger partial charge < -0.3 is 5.32 Å². The molecule has 9 heteroatoms. The van der Waals surface area contributed by atoms with Gasteiger partial charge in [-0.15, -0.1) is 11.3 Å². The smallest absolute Gasteiger partial charge is 0.305 e. The lowest BCUT2D eigenvalue weighted by atomic mass is 10.2. The maximum absolute atomic E-state index is 12.1. The Morgan fingerprint density at radius 3 is 2.96 bits per heavy atom. The Labute approximate surface area is 142 Å². The van der Waals surface area contributed by atoms with Gasteiger partial charge in [0.1, 0.15) is 5.52 Å². The van der Waals surface area contributed by atoms with Gasteiger partial charge in [-0.1, -0.05) is 6.07 Å². The maximum atomic E-state index is 12.1. The van der Waals surface area contributed by atoms with E-state index < -0.39 is 0 Å². The number of fused-ring (bicyclic) bond motifs is 1. The van der Waals surface area contributed by atoms with E-state index in [0.717, 1.165) is 12.2 Å². The van der Waals surface area contributed by atoms with Crippen LogP contribution in [0, 0.1) is 0 Å². The standard InChI is InChI=1S/C15H18N6O2S/c1-9(2)21(3)7-10-8-24-15(16-10)18-14(22)17-11-5-4-6-12-13(11)20-23-19-12/h4-6,8-9H,7H2,1-3H3,(H2,16,17,18,22). The molecule has 2 aromatic heterocycles. The minimum Gasteiger partial charge on any atom is -0.305 e. The summed E-state index contributed by atoms with van der Waals surface area (Å²) in [6.45, 7) is 4.98. The van der Waals surface area contributed by atoms with Gasteiger partial charge in [0.05, 0.1) is 11.4 Å². The molecule has 0 saturated carbocycles. The Balaban J connectivity index is 1.63. The van der Waals surface area contributed by atoms with Crippen molar-refractivity contribution in [3.8, 4) is 0 Å². The summed E-state index contributed by atoms with van der Waals surface area (Å²) >= 11 is 1.39. The molecule has 0 atom stereocenters. The third-order valence-corrected chi connectivity index (χ3v) is 4.41. The van der Waals surface area contributed by atoms with Gasteiger partial charge >= 0.3 is 6.03 Å². The molecule has 126 valence electrons. The highest BCUT2D eigenvalue weighted by molar-refractivity contribution is 7.13. The van der Waals surface area contributed by atoms with Crippen molar-refractivity contribution in [2.24, 2.45) is 0 Å². The van der Waals surface area contributed by atoms with Crippen molar-refractivity contribution in [2.75, 3.05) is 17.7 Å². The lowest BCUT2D eigenvalue weighted by Crippen LogP contribution is -2.25. The van der Waals surface area contributed by atoms with Crippen LogP contribution in [-0.4, -0.2) is 39.3 Å². The summed E-state index contributed by atoms with van der Waals surface area (Å²) in [4.78, 5) is 18.7. The number of hydrogen-bond donors (Lipinski definition) is 2. The lowest BCUT2D eigenvalue weighted by molar-refractivity contribution is 0.261. The van der Waals surface area contributed by atoms with Crippen LogP contribution in [0.1, 0.15) is 19.5 Å². The first-order valence-electron chi connectivity index (χ1n) is 7.47. The van der Waals surface area contributed by atoms with Gasteiger partial charge in [0, 0.05) is 18.0 Å². The zero-order valence-electron chi connectivity index (χ0n) is 13.6. The molecular formula is C15H18N6O2S. The number of benzene rings is 1. The predicted molar refractivity (Wildman–Crippen MR) is 93.2 cm³/mol. The molecule has 0 aliphatic heterocycles. The Hall–Kier alpha value is -2.52. The van der Waals surface area contributed by atoms with Gasteiger partial charge in [-0.2, -0.15) is 0 Å². The van der Waals surface area contributed by atoms with Crippen LogP contribution < -0.4 is 10.6 Å². The molecule has 0 spiro atoms. The topological polar surface area (TPSA) is 96.2 Å². The normalized spacial score (nSPS) is 11.4. The molecule has 0 fully saturated rings. The zero-order chi connectivity index (χ0) is 17.1. The second-order valence-corrected chi connectivity index (χ2v) is 6.53. The molecule has 0 unspecified atom stereocenters. The largest absolute Gasteiger partial charge is 0.325 e. The van der Waals surface area contributed by atoms with Crippen molar-refractivity contribution >= 4 is 39.2 Å². The first kappa shape index (κ1) is 16.3. The van der Waals surface area contributed by atoms with E-state index in [-0.39, 0.29) is 6.03 Å². The molecule has 3 rings (SSSR count). The van der Waals surface area contributed by atoms with E-state index in [0.29, 0.717) is 27.9 Å².